The number of aliphatic hydroxyl groups is 1. The van der Waals surface area contributed by atoms with Crippen LogP contribution < -0.4 is 25.1 Å². The van der Waals surface area contributed by atoms with Crippen LogP contribution in [0.2, 0.25) is 0 Å². The molecule has 3 N–H and O–H groups in total. The molecule has 12 nitrogen and oxygen atoms in total. The fourth-order valence-electron chi connectivity index (χ4n) is 5.51. The van der Waals surface area contributed by atoms with Gasteiger partial charge in [-0.2, -0.15) is 0 Å². The minimum absolute atomic E-state index is 0.00256. The minimum atomic E-state index is -4.82. The third kappa shape index (κ3) is 9.48. The van der Waals surface area contributed by atoms with Crippen molar-refractivity contribution >= 4 is 11.8 Å². The average Bonchev–Trinajstić information content (AvgIpc) is 3.52. The van der Waals surface area contributed by atoms with E-state index in [0.717, 1.165) is 0 Å². The van der Waals surface area contributed by atoms with Crippen LogP contribution in [0, 0.1) is 0 Å². The Kier molecular flexibility index (Phi) is 12.0. The molecule has 1 heterocycles. The highest BCUT2D eigenvalue weighted by Gasteiger charge is 2.53. The Morgan fingerprint density at radius 2 is 1.73 bits per heavy atom. The van der Waals surface area contributed by atoms with Crippen LogP contribution in [-0.4, -0.2) is 49.1 Å². The quantitative estimate of drug-likeness (QED) is 0.0396. The first-order valence-electron chi connectivity index (χ1n) is 15.8. The fraction of sp³-hybridized carbons (Fsp3) is 0.278. The zero-order valence-electron chi connectivity index (χ0n) is 27.5. The number of methoxy groups -OCH3 is 1. The van der Waals surface area contributed by atoms with E-state index in [9.17, 15) is 18.0 Å². The number of aliphatic hydroxyl groups excluding tert-OH is 1. The lowest BCUT2D eigenvalue weighted by molar-refractivity contribution is -0.274. The summed E-state index contributed by atoms with van der Waals surface area (Å²) in [6.07, 6.45) is -5.30. The van der Waals surface area contributed by atoms with E-state index in [-0.39, 0.29) is 37.8 Å². The Labute approximate surface area is 291 Å². The summed E-state index contributed by atoms with van der Waals surface area (Å²) in [4.78, 5) is 22.4. The van der Waals surface area contributed by atoms with Crippen molar-refractivity contribution in [2.24, 2.45) is 10.1 Å². The minimum Gasteiger partial charge on any atom is -0.497 e. The molecule has 1 aliphatic rings. The molecule has 0 saturated heterocycles. The molecule has 0 bridgehead atoms. The maximum Gasteiger partial charge on any atom is 0.573 e. The van der Waals surface area contributed by atoms with Crippen molar-refractivity contribution < 1.29 is 42.0 Å². The molecule has 0 aromatic heterocycles. The maximum atomic E-state index is 14.6. The van der Waals surface area contributed by atoms with Gasteiger partial charge in [0.2, 0.25) is 5.90 Å². The van der Waals surface area contributed by atoms with Crippen molar-refractivity contribution in [3.63, 3.8) is 0 Å². The summed E-state index contributed by atoms with van der Waals surface area (Å²) in [6, 6.07) is 26.5. The molecular weight excluding hydrogens is 669 g/mol. The number of azide groups is 1. The lowest BCUT2D eigenvalue weighted by atomic mass is 9.81. The largest absolute Gasteiger partial charge is 0.573 e. The maximum absolute atomic E-state index is 14.6. The van der Waals surface area contributed by atoms with Gasteiger partial charge >= 0.3 is 6.36 Å². The van der Waals surface area contributed by atoms with Gasteiger partial charge in [0.15, 0.2) is 11.6 Å². The molecule has 4 aromatic carbocycles. The molecular formula is C36H35F3N6O6. The van der Waals surface area contributed by atoms with Gasteiger partial charge in [-0.25, -0.2) is 10.4 Å². The number of ether oxygens (including phenoxy) is 4. The lowest BCUT2D eigenvalue weighted by Crippen LogP contribution is -2.53. The zero-order valence-corrected chi connectivity index (χ0v) is 27.5. The van der Waals surface area contributed by atoms with Crippen molar-refractivity contribution in [3.8, 4) is 17.2 Å². The molecule has 1 aliphatic heterocycles. The predicted octanol–water partition coefficient (Wildman–Crippen LogP) is 6.49. The molecule has 2 atom stereocenters. The molecule has 1 amide bonds. The Morgan fingerprint density at radius 3 is 2.41 bits per heavy atom. The van der Waals surface area contributed by atoms with E-state index in [1.54, 1.807) is 66.7 Å². The van der Waals surface area contributed by atoms with Gasteiger partial charge in [0.25, 0.3) is 5.91 Å². The summed E-state index contributed by atoms with van der Waals surface area (Å²) in [6.45, 7) is 0.432. The molecule has 0 unspecified atom stereocenters. The number of alkyl halides is 3. The van der Waals surface area contributed by atoms with E-state index >= 15 is 0 Å². The number of halogens is 3. The van der Waals surface area contributed by atoms with Gasteiger partial charge in [-0.15, -0.1) is 13.2 Å². The summed E-state index contributed by atoms with van der Waals surface area (Å²) < 4.78 is 59.5. The molecule has 51 heavy (non-hydrogen) atoms. The van der Waals surface area contributed by atoms with Crippen LogP contribution in [0.5, 0.6) is 17.2 Å². The van der Waals surface area contributed by atoms with Crippen molar-refractivity contribution in [3.05, 3.63) is 135 Å². The lowest BCUT2D eigenvalue weighted by Gasteiger charge is -2.31. The highest BCUT2D eigenvalue weighted by atomic mass is 19.4. The Balaban J connectivity index is 1.52. The van der Waals surface area contributed by atoms with E-state index in [2.05, 4.69) is 25.6 Å². The van der Waals surface area contributed by atoms with Crippen molar-refractivity contribution in [1.29, 1.82) is 0 Å². The highest BCUT2D eigenvalue weighted by molar-refractivity contribution is 6.01. The van der Waals surface area contributed by atoms with Gasteiger partial charge in [0.05, 0.1) is 20.3 Å². The van der Waals surface area contributed by atoms with Gasteiger partial charge in [-0.1, -0.05) is 53.6 Å². The number of rotatable bonds is 16. The normalized spacial score (nSPS) is 16.7. The number of nitrogens with one attached hydrogen (secondary N) is 2. The van der Waals surface area contributed by atoms with Crippen molar-refractivity contribution in [2.75, 3.05) is 20.3 Å². The van der Waals surface area contributed by atoms with Crippen LogP contribution in [0.4, 0.5) is 13.2 Å². The van der Waals surface area contributed by atoms with E-state index < -0.39 is 23.9 Å². The summed E-state index contributed by atoms with van der Waals surface area (Å²) in [7, 11) is 1.53. The fourth-order valence-corrected chi connectivity index (χ4v) is 5.51. The zero-order chi connectivity index (χ0) is 36.3. The Morgan fingerprint density at radius 1 is 1.00 bits per heavy atom. The van der Waals surface area contributed by atoms with Gasteiger partial charge in [0.1, 0.15) is 17.2 Å². The molecule has 0 fully saturated rings. The molecule has 5 rings (SSSR count). The average molecular weight is 705 g/mol. The number of benzene rings is 4. The number of nitrogens with zero attached hydrogens (tertiary/aromatic N) is 4. The Hall–Kier alpha value is -5.76. The first kappa shape index (κ1) is 36.5. The van der Waals surface area contributed by atoms with Crippen LogP contribution in [0.15, 0.2) is 107 Å². The first-order chi connectivity index (χ1) is 24.6. The number of hydrogen-bond acceptors (Lipinski definition) is 9. The third-order valence-corrected chi connectivity index (χ3v) is 7.96. The molecule has 266 valence electrons. The van der Waals surface area contributed by atoms with Gasteiger partial charge in [-0.3, -0.25) is 10.2 Å². The van der Waals surface area contributed by atoms with Crippen molar-refractivity contribution in [1.82, 2.24) is 10.9 Å². The predicted molar refractivity (Wildman–Crippen MR) is 181 cm³/mol. The third-order valence-electron chi connectivity index (χ3n) is 7.96. The smallest absolute Gasteiger partial charge is 0.497 e. The molecule has 0 radical (unpaired) electrons. The first-order valence-corrected chi connectivity index (χ1v) is 15.8. The van der Waals surface area contributed by atoms with Crippen LogP contribution in [0.3, 0.4) is 0 Å². The Bertz CT molecular complexity index is 1870. The topological polar surface area (TPSA) is 159 Å². The monoisotopic (exact) mass is 704 g/mol. The molecule has 0 saturated carbocycles. The second-order valence-electron chi connectivity index (χ2n) is 11.4. The number of carbonyl (C=O) groups is 1. The summed E-state index contributed by atoms with van der Waals surface area (Å²) in [5.41, 5.74) is 16.1. The summed E-state index contributed by atoms with van der Waals surface area (Å²) in [5, 5.41) is 12.8. The second kappa shape index (κ2) is 16.8. The molecule has 0 spiro atoms. The van der Waals surface area contributed by atoms with Gasteiger partial charge < -0.3 is 24.1 Å². The van der Waals surface area contributed by atoms with Crippen LogP contribution in [0.1, 0.15) is 40.3 Å². The second-order valence-corrected chi connectivity index (χ2v) is 11.4. The van der Waals surface area contributed by atoms with Gasteiger partial charge in [-0.05, 0) is 76.3 Å². The highest BCUT2D eigenvalue weighted by Crippen LogP contribution is 2.43. The van der Waals surface area contributed by atoms with E-state index in [1.165, 1.54) is 31.4 Å². The van der Waals surface area contributed by atoms with Crippen LogP contribution in [0.25, 0.3) is 10.4 Å². The van der Waals surface area contributed by atoms with Crippen molar-refractivity contribution in [2.45, 2.75) is 43.9 Å². The SMILES string of the molecule is COc1cccc([C@@H]2OC(c3ccc(OCCCO)cc3)=N[C@]2(Cc2ccccc2CN=[N+]=[N-])C(=O)NNCc2ccc(OC(F)(F)F)cc2)c1. The number of amides is 1. The van der Waals surface area contributed by atoms with E-state index in [1.807, 2.05) is 6.07 Å². The number of aliphatic imine (C=N–C) groups is 1. The molecule has 4 aromatic rings. The van der Waals surface area contributed by atoms with Crippen LogP contribution in [-0.2, 0) is 29.0 Å². The number of hydrogen-bond donors (Lipinski definition) is 3. The van der Waals surface area contributed by atoms with E-state index in [4.69, 9.17) is 29.8 Å². The molecule has 15 heteroatoms. The molecule has 0 aliphatic carbocycles. The summed E-state index contributed by atoms with van der Waals surface area (Å²) >= 11 is 0. The van der Waals surface area contributed by atoms with Gasteiger partial charge in [0, 0.05) is 36.5 Å². The standard InChI is InChI=1S/C36H35F3N6O6/c1-48-31-9-4-8-26(20-31)32-35(21-27-6-2-3-7-28(27)23-42-45-40,43-33(50-32)25-12-16-29(17-13-25)49-19-5-18-46)34(47)44-41-22-24-10-14-30(15-11-24)51-36(37,38)39/h2-4,6-17,20,32,41,46H,5,18-19,21-23H2,1H3,(H,44,47)/t32-,35-/m0/s1. The number of hydrazine groups is 1. The van der Waals surface area contributed by atoms with Crippen LogP contribution >= 0.6 is 0 Å². The summed E-state index contributed by atoms with van der Waals surface area (Å²) in [5.74, 6) is 0.360. The van der Waals surface area contributed by atoms with E-state index in [0.29, 0.717) is 52.3 Å². The number of carbonyl (C=O) groups excluding carboxylic acids is 1.